The molecule has 2 nitrogen and oxygen atoms in total. The van der Waals surface area contributed by atoms with Gasteiger partial charge in [-0.05, 0) is 53.3 Å². The van der Waals surface area contributed by atoms with Crippen molar-refractivity contribution in [2.45, 2.75) is 19.8 Å². The molecule has 0 bridgehead atoms. The third-order valence-electron chi connectivity index (χ3n) is 4.70. The average Bonchev–Trinajstić information content (AvgIpc) is 3.02. The minimum atomic E-state index is 0.667. The van der Waals surface area contributed by atoms with Crippen molar-refractivity contribution in [2.75, 3.05) is 13.2 Å². The molecule has 0 N–H and O–H groups in total. The van der Waals surface area contributed by atoms with Crippen molar-refractivity contribution in [1.82, 2.24) is 0 Å². The van der Waals surface area contributed by atoms with Gasteiger partial charge in [-0.2, -0.15) is 0 Å². The molecule has 0 amide bonds. The van der Waals surface area contributed by atoms with Crippen LogP contribution in [0.15, 0.2) is 66.7 Å². The zero-order valence-electron chi connectivity index (χ0n) is 14.5. The van der Waals surface area contributed by atoms with Gasteiger partial charge in [0.2, 0.25) is 0 Å². The van der Waals surface area contributed by atoms with E-state index in [4.69, 9.17) is 9.47 Å². The van der Waals surface area contributed by atoms with Gasteiger partial charge in [0.05, 0.1) is 13.2 Å². The maximum atomic E-state index is 5.95. The molecule has 1 aliphatic rings. The largest absolute Gasteiger partial charge is 0.494 e. The molecule has 3 aromatic carbocycles. The number of hydrogen-bond donors (Lipinski definition) is 0. The van der Waals surface area contributed by atoms with Gasteiger partial charge in [0, 0.05) is 12.5 Å². The summed E-state index contributed by atoms with van der Waals surface area (Å²) in [4.78, 5) is 0. The summed E-state index contributed by atoms with van der Waals surface area (Å²) in [5, 5.41) is 0. The maximum absolute atomic E-state index is 5.95. The standard InChI is InChI=1S/C23H22O2/c1-2-24-19-9-6-10-20(16-19)25-14-13-17-8-5-12-22-21-11-4-3-7-18(21)15-23(17)22/h3-12,16H,2,13-15H2,1H3. The van der Waals surface area contributed by atoms with Gasteiger partial charge in [0.1, 0.15) is 11.5 Å². The number of fused-ring (bicyclic) bond motifs is 3. The number of hydrogen-bond acceptors (Lipinski definition) is 2. The Morgan fingerprint density at radius 1 is 0.800 bits per heavy atom. The summed E-state index contributed by atoms with van der Waals surface area (Å²) in [6, 6.07) is 23.2. The highest BCUT2D eigenvalue weighted by atomic mass is 16.5. The Kier molecular flexibility index (Phi) is 4.43. The van der Waals surface area contributed by atoms with Crippen molar-refractivity contribution < 1.29 is 9.47 Å². The number of ether oxygens (including phenoxy) is 2. The normalized spacial score (nSPS) is 11.7. The Hall–Kier alpha value is -2.74. The van der Waals surface area contributed by atoms with E-state index in [2.05, 4.69) is 42.5 Å². The highest BCUT2D eigenvalue weighted by molar-refractivity contribution is 5.77. The van der Waals surface area contributed by atoms with Crippen LogP contribution in [-0.2, 0) is 12.8 Å². The molecule has 3 aromatic rings. The van der Waals surface area contributed by atoms with Crippen LogP contribution in [0.3, 0.4) is 0 Å². The third kappa shape index (κ3) is 3.25. The molecule has 0 radical (unpaired) electrons. The topological polar surface area (TPSA) is 18.5 Å². The van der Waals surface area contributed by atoms with Crippen LogP contribution in [0.1, 0.15) is 23.6 Å². The molecule has 1 aliphatic carbocycles. The molecule has 2 heteroatoms. The molecule has 0 saturated heterocycles. The molecule has 0 aliphatic heterocycles. The minimum Gasteiger partial charge on any atom is -0.494 e. The molecule has 126 valence electrons. The molecule has 0 saturated carbocycles. The van der Waals surface area contributed by atoms with E-state index in [0.29, 0.717) is 13.2 Å². The average molecular weight is 330 g/mol. The van der Waals surface area contributed by atoms with Crippen molar-refractivity contribution in [1.29, 1.82) is 0 Å². The Bertz CT molecular complexity index is 883. The summed E-state index contributed by atoms with van der Waals surface area (Å²) < 4.78 is 11.5. The molecular formula is C23H22O2. The van der Waals surface area contributed by atoms with E-state index in [1.165, 1.54) is 27.8 Å². The van der Waals surface area contributed by atoms with Gasteiger partial charge >= 0.3 is 0 Å². The van der Waals surface area contributed by atoms with Crippen LogP contribution in [0.25, 0.3) is 11.1 Å². The fourth-order valence-electron chi connectivity index (χ4n) is 3.56. The molecule has 0 spiro atoms. The fourth-order valence-corrected chi connectivity index (χ4v) is 3.56. The minimum absolute atomic E-state index is 0.667. The third-order valence-corrected chi connectivity index (χ3v) is 4.70. The molecule has 0 heterocycles. The van der Waals surface area contributed by atoms with Crippen molar-refractivity contribution in [3.63, 3.8) is 0 Å². The lowest BCUT2D eigenvalue weighted by Crippen LogP contribution is -2.04. The van der Waals surface area contributed by atoms with Crippen molar-refractivity contribution >= 4 is 0 Å². The van der Waals surface area contributed by atoms with E-state index >= 15 is 0 Å². The lowest BCUT2D eigenvalue weighted by atomic mass is 9.99. The van der Waals surface area contributed by atoms with Crippen LogP contribution in [0.4, 0.5) is 0 Å². The van der Waals surface area contributed by atoms with Crippen LogP contribution in [0.2, 0.25) is 0 Å². The summed E-state index contributed by atoms with van der Waals surface area (Å²) in [6.07, 6.45) is 1.94. The number of rotatable bonds is 6. The van der Waals surface area contributed by atoms with E-state index < -0.39 is 0 Å². The SMILES string of the molecule is CCOc1cccc(OCCc2cccc3c2Cc2ccccc2-3)c1. The molecule has 0 fully saturated rings. The molecule has 25 heavy (non-hydrogen) atoms. The lowest BCUT2D eigenvalue weighted by Gasteiger charge is -2.11. The predicted molar refractivity (Wildman–Crippen MR) is 101 cm³/mol. The molecule has 0 atom stereocenters. The summed E-state index contributed by atoms with van der Waals surface area (Å²) >= 11 is 0. The van der Waals surface area contributed by atoms with Crippen molar-refractivity contribution in [3.05, 3.63) is 83.4 Å². The van der Waals surface area contributed by atoms with E-state index in [9.17, 15) is 0 Å². The van der Waals surface area contributed by atoms with Crippen LogP contribution in [-0.4, -0.2) is 13.2 Å². The quantitative estimate of drug-likeness (QED) is 0.479. The van der Waals surface area contributed by atoms with E-state index in [1.54, 1.807) is 0 Å². The first-order chi connectivity index (χ1) is 12.3. The van der Waals surface area contributed by atoms with Crippen molar-refractivity contribution in [2.24, 2.45) is 0 Å². The molecule has 0 unspecified atom stereocenters. The first kappa shape index (κ1) is 15.8. The van der Waals surface area contributed by atoms with E-state index in [0.717, 1.165) is 24.3 Å². The van der Waals surface area contributed by atoms with Gasteiger partial charge in [0.25, 0.3) is 0 Å². The fraction of sp³-hybridized carbons (Fsp3) is 0.217. The monoisotopic (exact) mass is 330 g/mol. The van der Waals surface area contributed by atoms with Crippen LogP contribution < -0.4 is 9.47 Å². The van der Waals surface area contributed by atoms with Gasteiger partial charge in [-0.3, -0.25) is 0 Å². The molecule has 0 aromatic heterocycles. The van der Waals surface area contributed by atoms with Gasteiger partial charge < -0.3 is 9.47 Å². The maximum Gasteiger partial charge on any atom is 0.122 e. The summed E-state index contributed by atoms with van der Waals surface area (Å²) in [5.41, 5.74) is 7.02. The Balaban J connectivity index is 1.46. The zero-order valence-corrected chi connectivity index (χ0v) is 14.5. The second kappa shape index (κ2) is 7.02. The van der Waals surface area contributed by atoms with Gasteiger partial charge in [0.15, 0.2) is 0 Å². The number of benzene rings is 3. The van der Waals surface area contributed by atoms with Gasteiger partial charge in [-0.15, -0.1) is 0 Å². The zero-order chi connectivity index (χ0) is 17.1. The Morgan fingerprint density at radius 2 is 1.56 bits per heavy atom. The summed E-state index contributed by atoms with van der Waals surface area (Å²) in [6.45, 7) is 3.32. The highest BCUT2D eigenvalue weighted by Crippen LogP contribution is 2.38. The van der Waals surface area contributed by atoms with Gasteiger partial charge in [-0.25, -0.2) is 0 Å². The van der Waals surface area contributed by atoms with E-state index in [1.807, 2.05) is 31.2 Å². The van der Waals surface area contributed by atoms with Crippen LogP contribution in [0, 0.1) is 0 Å². The second-order valence-electron chi connectivity index (χ2n) is 6.28. The smallest absolute Gasteiger partial charge is 0.122 e. The first-order valence-electron chi connectivity index (χ1n) is 8.90. The van der Waals surface area contributed by atoms with Gasteiger partial charge in [-0.1, -0.05) is 48.5 Å². The Labute approximate surface area is 149 Å². The van der Waals surface area contributed by atoms with Crippen LogP contribution >= 0.6 is 0 Å². The van der Waals surface area contributed by atoms with Crippen LogP contribution in [0.5, 0.6) is 11.5 Å². The summed E-state index contributed by atoms with van der Waals surface area (Å²) in [5.74, 6) is 1.72. The summed E-state index contributed by atoms with van der Waals surface area (Å²) in [7, 11) is 0. The predicted octanol–water partition coefficient (Wildman–Crippen LogP) is 5.28. The van der Waals surface area contributed by atoms with E-state index in [-0.39, 0.29) is 0 Å². The molecular weight excluding hydrogens is 308 g/mol. The lowest BCUT2D eigenvalue weighted by molar-refractivity contribution is 0.312. The second-order valence-corrected chi connectivity index (χ2v) is 6.28. The molecule has 4 rings (SSSR count). The highest BCUT2D eigenvalue weighted by Gasteiger charge is 2.19. The first-order valence-corrected chi connectivity index (χ1v) is 8.90. The Morgan fingerprint density at radius 3 is 2.44 bits per heavy atom. The van der Waals surface area contributed by atoms with Crippen molar-refractivity contribution in [3.8, 4) is 22.6 Å².